The van der Waals surface area contributed by atoms with Crippen LogP contribution in [-0.4, -0.2) is 18.4 Å². The van der Waals surface area contributed by atoms with Crippen molar-refractivity contribution in [1.29, 1.82) is 0 Å². The second-order valence-electron chi connectivity index (χ2n) is 5.45. The molecule has 5 nitrogen and oxygen atoms in total. The van der Waals surface area contributed by atoms with Crippen LogP contribution in [0.25, 0.3) is 0 Å². The van der Waals surface area contributed by atoms with Crippen molar-refractivity contribution < 1.29 is 14.0 Å². The predicted octanol–water partition coefficient (Wildman–Crippen LogP) is 1.45. The quantitative estimate of drug-likeness (QED) is 0.764. The van der Waals surface area contributed by atoms with Gasteiger partial charge < -0.3 is 15.1 Å². The molecule has 2 amide bonds. The highest BCUT2D eigenvalue weighted by Crippen LogP contribution is 2.46. The molecule has 0 unspecified atom stereocenters. The minimum atomic E-state index is -0.846. The van der Waals surface area contributed by atoms with Gasteiger partial charge in [-0.05, 0) is 30.9 Å². The summed E-state index contributed by atoms with van der Waals surface area (Å²) >= 11 is 0. The molecule has 19 heavy (non-hydrogen) atoms. The summed E-state index contributed by atoms with van der Waals surface area (Å²) < 4.78 is 5.14. The molecule has 0 spiro atoms. The van der Waals surface area contributed by atoms with Crippen LogP contribution in [0.3, 0.4) is 0 Å². The van der Waals surface area contributed by atoms with Gasteiger partial charge in [0.05, 0.1) is 12.8 Å². The van der Waals surface area contributed by atoms with Gasteiger partial charge in [-0.25, -0.2) is 0 Å². The number of carbonyl (C=O) groups excluding carboxylic acids is 2. The lowest BCUT2D eigenvalue weighted by molar-refractivity contribution is -0.137. The Kier molecular flexibility index (Phi) is 3.93. The largest absolute Gasteiger partial charge is 0.467 e. The second kappa shape index (κ2) is 5.47. The van der Waals surface area contributed by atoms with Crippen LogP contribution in [0.2, 0.25) is 0 Å². The van der Waals surface area contributed by atoms with Gasteiger partial charge >= 0.3 is 0 Å². The van der Waals surface area contributed by atoms with Gasteiger partial charge in [0.25, 0.3) is 0 Å². The van der Waals surface area contributed by atoms with E-state index in [1.54, 1.807) is 18.4 Å². The monoisotopic (exact) mass is 264 g/mol. The van der Waals surface area contributed by atoms with Gasteiger partial charge in [-0.3, -0.25) is 9.59 Å². The Morgan fingerprint density at radius 1 is 1.32 bits per heavy atom. The zero-order chi connectivity index (χ0) is 13.9. The lowest BCUT2D eigenvalue weighted by Crippen LogP contribution is -2.43. The lowest BCUT2D eigenvalue weighted by atomic mass is 10.0. The van der Waals surface area contributed by atoms with E-state index in [-0.39, 0.29) is 11.8 Å². The molecule has 0 bridgehead atoms. The van der Waals surface area contributed by atoms with E-state index in [0.29, 0.717) is 37.6 Å². The van der Waals surface area contributed by atoms with Gasteiger partial charge in [0.1, 0.15) is 11.2 Å². The molecule has 1 saturated carbocycles. The Morgan fingerprint density at radius 2 is 2.00 bits per heavy atom. The van der Waals surface area contributed by atoms with Crippen LogP contribution >= 0.6 is 0 Å². The van der Waals surface area contributed by atoms with Crippen molar-refractivity contribution in [2.24, 2.45) is 11.3 Å². The first kappa shape index (κ1) is 13.6. The second-order valence-corrected chi connectivity index (χ2v) is 5.45. The van der Waals surface area contributed by atoms with E-state index in [2.05, 4.69) is 10.6 Å². The van der Waals surface area contributed by atoms with Crippen LogP contribution in [0, 0.1) is 11.3 Å². The maximum atomic E-state index is 12.1. The first-order valence-electron chi connectivity index (χ1n) is 6.63. The molecule has 1 aliphatic carbocycles. The SMILES string of the molecule is CC(C)CNC(=O)C1(C(=O)NCc2ccco2)CC1. The molecule has 1 aromatic rings. The number of carbonyl (C=O) groups is 2. The van der Waals surface area contributed by atoms with E-state index in [4.69, 9.17) is 4.42 Å². The van der Waals surface area contributed by atoms with E-state index in [9.17, 15) is 9.59 Å². The molecule has 2 rings (SSSR count). The summed E-state index contributed by atoms with van der Waals surface area (Å²) in [5.74, 6) is 0.709. The van der Waals surface area contributed by atoms with Gasteiger partial charge in [-0.2, -0.15) is 0 Å². The molecule has 1 fully saturated rings. The Bertz CT molecular complexity index is 447. The number of hydrogen-bond donors (Lipinski definition) is 2. The summed E-state index contributed by atoms with van der Waals surface area (Å²) in [5, 5.41) is 5.60. The van der Waals surface area contributed by atoms with E-state index in [0.717, 1.165) is 0 Å². The molecule has 0 aliphatic heterocycles. The fourth-order valence-corrected chi connectivity index (χ4v) is 1.90. The van der Waals surface area contributed by atoms with Gasteiger partial charge in [0.2, 0.25) is 11.8 Å². The van der Waals surface area contributed by atoms with Crippen LogP contribution in [0.15, 0.2) is 22.8 Å². The van der Waals surface area contributed by atoms with Crippen LogP contribution in [0.1, 0.15) is 32.4 Å². The van der Waals surface area contributed by atoms with E-state index < -0.39 is 5.41 Å². The molecule has 5 heteroatoms. The number of hydrogen-bond acceptors (Lipinski definition) is 3. The molecular weight excluding hydrogens is 244 g/mol. The third kappa shape index (κ3) is 3.16. The predicted molar refractivity (Wildman–Crippen MR) is 70.1 cm³/mol. The van der Waals surface area contributed by atoms with Gasteiger partial charge in [0.15, 0.2) is 0 Å². The number of nitrogens with one attached hydrogen (secondary N) is 2. The zero-order valence-electron chi connectivity index (χ0n) is 11.4. The molecule has 0 aromatic carbocycles. The normalized spacial score (nSPS) is 16.2. The molecule has 2 N–H and O–H groups in total. The molecule has 1 aromatic heterocycles. The average molecular weight is 264 g/mol. The third-order valence-corrected chi connectivity index (χ3v) is 3.29. The maximum absolute atomic E-state index is 12.1. The van der Waals surface area contributed by atoms with Crippen molar-refractivity contribution in [1.82, 2.24) is 10.6 Å². The molecule has 0 saturated heterocycles. The van der Waals surface area contributed by atoms with Crippen molar-refractivity contribution in [3.63, 3.8) is 0 Å². The summed E-state index contributed by atoms with van der Waals surface area (Å²) in [7, 11) is 0. The molecule has 0 atom stereocenters. The van der Waals surface area contributed by atoms with Crippen molar-refractivity contribution >= 4 is 11.8 Å². The summed E-state index contributed by atoms with van der Waals surface area (Å²) in [6.07, 6.45) is 2.81. The number of rotatable bonds is 6. The highest BCUT2D eigenvalue weighted by molar-refractivity contribution is 6.07. The smallest absolute Gasteiger partial charge is 0.236 e. The Balaban J connectivity index is 1.85. The Hall–Kier alpha value is -1.78. The topological polar surface area (TPSA) is 71.3 Å². The number of amides is 2. The highest BCUT2D eigenvalue weighted by atomic mass is 16.3. The van der Waals surface area contributed by atoms with Crippen LogP contribution in [0.5, 0.6) is 0 Å². The van der Waals surface area contributed by atoms with Gasteiger partial charge in [0, 0.05) is 6.54 Å². The van der Waals surface area contributed by atoms with E-state index in [1.165, 1.54) is 0 Å². The van der Waals surface area contributed by atoms with Crippen LogP contribution in [0.4, 0.5) is 0 Å². The first-order valence-corrected chi connectivity index (χ1v) is 6.63. The number of furan rings is 1. The zero-order valence-corrected chi connectivity index (χ0v) is 11.4. The summed E-state index contributed by atoms with van der Waals surface area (Å²) in [4.78, 5) is 24.1. The Labute approximate surface area is 112 Å². The van der Waals surface area contributed by atoms with E-state index in [1.807, 2.05) is 13.8 Å². The summed E-state index contributed by atoms with van der Waals surface area (Å²) in [5.41, 5.74) is -0.846. The van der Waals surface area contributed by atoms with E-state index >= 15 is 0 Å². The van der Waals surface area contributed by atoms with Crippen molar-refractivity contribution in [2.75, 3.05) is 6.54 Å². The fourth-order valence-electron chi connectivity index (χ4n) is 1.90. The summed E-state index contributed by atoms with van der Waals surface area (Å²) in [6, 6.07) is 3.56. The van der Waals surface area contributed by atoms with Crippen LogP contribution in [-0.2, 0) is 16.1 Å². The van der Waals surface area contributed by atoms with Gasteiger partial charge in [-0.15, -0.1) is 0 Å². The molecule has 104 valence electrons. The summed E-state index contributed by atoms with van der Waals surface area (Å²) in [6.45, 7) is 4.98. The fraction of sp³-hybridized carbons (Fsp3) is 0.571. The molecule has 0 radical (unpaired) electrons. The first-order chi connectivity index (χ1) is 9.04. The lowest BCUT2D eigenvalue weighted by Gasteiger charge is -2.15. The van der Waals surface area contributed by atoms with Crippen molar-refractivity contribution in [3.8, 4) is 0 Å². The van der Waals surface area contributed by atoms with Crippen LogP contribution < -0.4 is 10.6 Å². The minimum absolute atomic E-state index is 0.154. The van der Waals surface area contributed by atoms with Crippen molar-refractivity contribution in [2.45, 2.75) is 33.2 Å². The third-order valence-electron chi connectivity index (χ3n) is 3.29. The molecule has 1 heterocycles. The average Bonchev–Trinajstić information content (AvgIpc) is 3.03. The minimum Gasteiger partial charge on any atom is -0.467 e. The molecule has 1 aliphatic rings. The highest BCUT2D eigenvalue weighted by Gasteiger charge is 2.56. The Morgan fingerprint density at radius 3 is 2.53 bits per heavy atom. The standard InChI is InChI=1S/C14H20N2O3/c1-10(2)8-15-12(17)14(5-6-14)13(18)16-9-11-4-3-7-19-11/h3-4,7,10H,5-6,8-9H2,1-2H3,(H,15,17)(H,16,18). The maximum Gasteiger partial charge on any atom is 0.236 e. The molecular formula is C14H20N2O3. The van der Waals surface area contributed by atoms with Crippen molar-refractivity contribution in [3.05, 3.63) is 24.2 Å². The van der Waals surface area contributed by atoms with Gasteiger partial charge in [-0.1, -0.05) is 13.8 Å².